The highest BCUT2D eigenvalue weighted by atomic mass is 32.2. The number of nitrogens with one attached hydrogen (secondary N) is 2. The average molecular weight is 429 g/mol. The molecule has 3 rings (SSSR count). The van der Waals surface area contributed by atoms with Crippen LogP contribution in [0.2, 0.25) is 0 Å². The van der Waals surface area contributed by atoms with Gasteiger partial charge in [-0.2, -0.15) is 0 Å². The molecule has 0 aliphatic heterocycles. The van der Waals surface area contributed by atoms with Crippen molar-refractivity contribution in [3.63, 3.8) is 0 Å². The number of anilines is 2. The Hall–Kier alpha value is -2.91. The number of benzene rings is 1. The van der Waals surface area contributed by atoms with Gasteiger partial charge in [0.25, 0.3) is 5.56 Å². The molecule has 2 heterocycles. The van der Waals surface area contributed by atoms with Crippen molar-refractivity contribution in [2.24, 2.45) is 0 Å². The molecule has 2 aromatic heterocycles. The van der Waals surface area contributed by atoms with E-state index in [0.29, 0.717) is 33.3 Å². The molecular weight excluding hydrogens is 408 g/mol. The van der Waals surface area contributed by atoms with Gasteiger partial charge in [0.05, 0.1) is 10.8 Å². The number of rotatable bonds is 7. The maximum atomic E-state index is 12.7. The summed E-state index contributed by atoms with van der Waals surface area (Å²) in [5.41, 5.74) is 1.76. The van der Waals surface area contributed by atoms with Crippen LogP contribution >= 0.6 is 23.1 Å². The standard InChI is InChI=1S/C20H20N4O3S2/c1-4-10-24-19(27)17-16(9-11-28-17)23-20(24)29-12(2)18(26)22-15-7-5-14(6-8-15)21-13(3)25/h4-9,11-12H,1,10H2,2-3H3,(H,21,25)(H,22,26)/t12-/m0/s1. The van der Waals surface area contributed by atoms with E-state index in [1.807, 2.05) is 5.38 Å². The SMILES string of the molecule is C=CCn1c(S[C@@H](C)C(=O)Nc2ccc(NC(C)=O)cc2)nc2ccsc2c1=O. The summed E-state index contributed by atoms with van der Waals surface area (Å²) in [6.07, 6.45) is 1.63. The topological polar surface area (TPSA) is 93.1 Å². The molecule has 0 radical (unpaired) electrons. The molecule has 0 aliphatic rings. The zero-order valence-corrected chi connectivity index (χ0v) is 17.6. The molecule has 7 nitrogen and oxygen atoms in total. The molecule has 9 heteroatoms. The molecule has 29 heavy (non-hydrogen) atoms. The van der Waals surface area contributed by atoms with E-state index in [1.165, 1.54) is 34.6 Å². The summed E-state index contributed by atoms with van der Waals surface area (Å²) in [7, 11) is 0. The summed E-state index contributed by atoms with van der Waals surface area (Å²) >= 11 is 2.57. The quantitative estimate of drug-likeness (QED) is 0.340. The van der Waals surface area contributed by atoms with Crippen LogP contribution in [0.5, 0.6) is 0 Å². The summed E-state index contributed by atoms with van der Waals surface area (Å²) in [6.45, 7) is 7.21. The highest BCUT2D eigenvalue weighted by molar-refractivity contribution is 8.00. The number of aromatic nitrogens is 2. The van der Waals surface area contributed by atoms with Crippen molar-refractivity contribution in [3.8, 4) is 0 Å². The van der Waals surface area contributed by atoms with Gasteiger partial charge in [0, 0.05) is 24.8 Å². The van der Waals surface area contributed by atoms with E-state index in [0.717, 1.165) is 0 Å². The highest BCUT2D eigenvalue weighted by Gasteiger charge is 2.19. The molecule has 0 saturated carbocycles. The van der Waals surface area contributed by atoms with Gasteiger partial charge < -0.3 is 10.6 Å². The summed E-state index contributed by atoms with van der Waals surface area (Å²) in [4.78, 5) is 40.9. The summed E-state index contributed by atoms with van der Waals surface area (Å²) in [5.74, 6) is -0.375. The van der Waals surface area contributed by atoms with Crippen LogP contribution in [0.25, 0.3) is 10.2 Å². The minimum atomic E-state index is -0.482. The monoisotopic (exact) mass is 428 g/mol. The van der Waals surface area contributed by atoms with Crippen LogP contribution in [0, 0.1) is 0 Å². The predicted molar refractivity (Wildman–Crippen MR) is 119 cm³/mol. The van der Waals surface area contributed by atoms with Crippen molar-refractivity contribution in [3.05, 3.63) is 58.7 Å². The van der Waals surface area contributed by atoms with Gasteiger partial charge in [0.1, 0.15) is 4.70 Å². The molecular formula is C20H20N4O3S2. The first-order valence-electron chi connectivity index (χ1n) is 8.83. The Bertz CT molecular complexity index is 1120. The molecule has 1 aromatic carbocycles. The number of allylic oxidation sites excluding steroid dienone is 1. The number of carbonyl (C=O) groups is 2. The number of hydrogen-bond acceptors (Lipinski definition) is 6. The van der Waals surface area contributed by atoms with Gasteiger partial charge in [-0.1, -0.05) is 17.8 Å². The second-order valence-electron chi connectivity index (χ2n) is 6.24. The lowest BCUT2D eigenvalue weighted by atomic mass is 10.2. The van der Waals surface area contributed by atoms with Crippen LogP contribution < -0.4 is 16.2 Å². The van der Waals surface area contributed by atoms with Crippen molar-refractivity contribution >= 4 is 56.5 Å². The molecule has 0 aliphatic carbocycles. The van der Waals surface area contributed by atoms with E-state index in [1.54, 1.807) is 43.3 Å². The largest absolute Gasteiger partial charge is 0.326 e. The molecule has 0 fully saturated rings. The van der Waals surface area contributed by atoms with Crippen LogP contribution in [0.15, 0.2) is 58.3 Å². The molecule has 1 atom stereocenters. The van der Waals surface area contributed by atoms with Crippen LogP contribution in [-0.2, 0) is 16.1 Å². The first-order valence-corrected chi connectivity index (χ1v) is 10.6. The van der Waals surface area contributed by atoms with E-state index < -0.39 is 5.25 Å². The first-order chi connectivity index (χ1) is 13.9. The highest BCUT2D eigenvalue weighted by Crippen LogP contribution is 2.25. The Labute approximate surface area is 175 Å². The molecule has 150 valence electrons. The third kappa shape index (κ3) is 4.93. The Kier molecular flexibility index (Phi) is 6.50. The van der Waals surface area contributed by atoms with Crippen LogP contribution in [0.4, 0.5) is 11.4 Å². The lowest BCUT2D eigenvalue weighted by molar-refractivity contribution is -0.115. The van der Waals surface area contributed by atoms with Gasteiger partial charge in [-0.3, -0.25) is 19.0 Å². The van der Waals surface area contributed by atoms with E-state index in [-0.39, 0.29) is 17.4 Å². The van der Waals surface area contributed by atoms with Gasteiger partial charge in [0.15, 0.2) is 5.16 Å². The van der Waals surface area contributed by atoms with Crippen LogP contribution in [-0.4, -0.2) is 26.6 Å². The molecule has 0 bridgehead atoms. The molecule has 0 spiro atoms. The number of hydrogen-bond donors (Lipinski definition) is 2. The zero-order valence-electron chi connectivity index (χ0n) is 16.0. The molecule has 0 unspecified atom stereocenters. The van der Waals surface area contributed by atoms with E-state index in [9.17, 15) is 14.4 Å². The van der Waals surface area contributed by atoms with Gasteiger partial charge in [0.2, 0.25) is 11.8 Å². The number of fused-ring (bicyclic) bond motifs is 1. The van der Waals surface area contributed by atoms with Gasteiger partial charge in [-0.15, -0.1) is 17.9 Å². The number of thioether (sulfide) groups is 1. The van der Waals surface area contributed by atoms with Crippen LogP contribution in [0.1, 0.15) is 13.8 Å². The van der Waals surface area contributed by atoms with Gasteiger partial charge in [-0.05, 0) is 42.6 Å². The zero-order chi connectivity index (χ0) is 21.0. The number of amides is 2. The summed E-state index contributed by atoms with van der Waals surface area (Å²) in [6, 6.07) is 8.64. The van der Waals surface area contributed by atoms with E-state index >= 15 is 0 Å². The maximum absolute atomic E-state index is 12.7. The van der Waals surface area contributed by atoms with Crippen molar-refractivity contribution in [1.82, 2.24) is 9.55 Å². The maximum Gasteiger partial charge on any atom is 0.272 e. The Morgan fingerprint density at radius 3 is 2.52 bits per heavy atom. The van der Waals surface area contributed by atoms with E-state index in [4.69, 9.17) is 0 Å². The Morgan fingerprint density at radius 1 is 1.24 bits per heavy atom. The lowest BCUT2D eigenvalue weighted by Gasteiger charge is -2.15. The van der Waals surface area contributed by atoms with Crippen LogP contribution in [0.3, 0.4) is 0 Å². The molecule has 0 saturated heterocycles. The minimum Gasteiger partial charge on any atom is -0.326 e. The van der Waals surface area contributed by atoms with E-state index in [2.05, 4.69) is 22.2 Å². The first kappa shape index (κ1) is 20.8. The van der Waals surface area contributed by atoms with Crippen molar-refractivity contribution < 1.29 is 9.59 Å². The smallest absolute Gasteiger partial charge is 0.272 e. The normalized spacial score (nSPS) is 11.8. The fraction of sp³-hybridized carbons (Fsp3) is 0.200. The predicted octanol–water partition coefficient (Wildman–Crippen LogP) is 3.72. The third-order valence-corrected chi connectivity index (χ3v) is 5.95. The molecule has 2 amide bonds. The number of thiophene rings is 1. The third-order valence-electron chi connectivity index (χ3n) is 3.97. The number of nitrogens with zero attached hydrogens (tertiary/aromatic N) is 2. The number of carbonyl (C=O) groups excluding carboxylic acids is 2. The second kappa shape index (κ2) is 9.06. The minimum absolute atomic E-state index is 0.131. The van der Waals surface area contributed by atoms with Crippen molar-refractivity contribution in [2.45, 2.75) is 30.8 Å². The fourth-order valence-corrected chi connectivity index (χ4v) is 4.30. The van der Waals surface area contributed by atoms with Gasteiger partial charge >= 0.3 is 0 Å². The Morgan fingerprint density at radius 2 is 1.90 bits per heavy atom. The second-order valence-corrected chi connectivity index (χ2v) is 8.47. The molecule has 2 N–H and O–H groups in total. The molecule has 3 aromatic rings. The lowest BCUT2D eigenvalue weighted by Crippen LogP contribution is -2.26. The van der Waals surface area contributed by atoms with Crippen molar-refractivity contribution in [1.29, 1.82) is 0 Å². The van der Waals surface area contributed by atoms with Crippen molar-refractivity contribution in [2.75, 3.05) is 10.6 Å². The Balaban J connectivity index is 1.75. The average Bonchev–Trinajstić information content (AvgIpc) is 3.14. The summed E-state index contributed by atoms with van der Waals surface area (Å²) < 4.78 is 2.12. The summed E-state index contributed by atoms with van der Waals surface area (Å²) in [5, 5.41) is 7.33. The fourth-order valence-electron chi connectivity index (χ4n) is 2.60. The van der Waals surface area contributed by atoms with Gasteiger partial charge in [-0.25, -0.2) is 4.98 Å².